The van der Waals surface area contributed by atoms with Crippen LogP contribution in [0.4, 0.5) is 0 Å². The summed E-state index contributed by atoms with van der Waals surface area (Å²) in [4.78, 5) is 23.7. The van der Waals surface area contributed by atoms with E-state index in [0.29, 0.717) is 5.02 Å². The summed E-state index contributed by atoms with van der Waals surface area (Å²) in [6, 6.07) is 12.6. The van der Waals surface area contributed by atoms with Crippen LogP contribution in [0.5, 0.6) is 0 Å². The van der Waals surface area contributed by atoms with Gasteiger partial charge in [-0.25, -0.2) is 13.2 Å². The minimum Gasteiger partial charge on any atom is -0.452 e. The number of carbonyl (C=O) groups is 2. The fourth-order valence-corrected chi connectivity index (χ4v) is 3.02. The molecule has 6 nitrogen and oxygen atoms in total. The van der Waals surface area contributed by atoms with Gasteiger partial charge in [0, 0.05) is 17.8 Å². The molecule has 0 bridgehead atoms. The molecule has 0 spiro atoms. The Morgan fingerprint density at radius 1 is 1.08 bits per heavy atom. The van der Waals surface area contributed by atoms with E-state index < -0.39 is 28.3 Å². The SMILES string of the molecule is CS(=O)(=O)c1ccccc1C(=O)OCC(=O)NCc1ccc(Cl)cc1. The van der Waals surface area contributed by atoms with Gasteiger partial charge in [-0.2, -0.15) is 0 Å². The number of benzene rings is 2. The smallest absolute Gasteiger partial charge is 0.339 e. The Labute approximate surface area is 150 Å². The molecule has 0 aromatic heterocycles. The first kappa shape index (κ1) is 19.0. The van der Waals surface area contributed by atoms with Gasteiger partial charge in [0.05, 0.1) is 10.5 Å². The normalized spacial score (nSPS) is 11.0. The highest BCUT2D eigenvalue weighted by atomic mass is 35.5. The number of esters is 1. The number of carbonyl (C=O) groups excluding carboxylic acids is 2. The first-order valence-electron chi connectivity index (χ1n) is 7.25. The van der Waals surface area contributed by atoms with Crippen molar-refractivity contribution in [3.05, 3.63) is 64.7 Å². The number of hydrogen-bond acceptors (Lipinski definition) is 5. The summed E-state index contributed by atoms with van der Waals surface area (Å²) >= 11 is 5.77. The van der Waals surface area contributed by atoms with Crippen LogP contribution in [0.15, 0.2) is 53.4 Å². The van der Waals surface area contributed by atoms with Gasteiger partial charge in [-0.3, -0.25) is 4.79 Å². The maximum Gasteiger partial charge on any atom is 0.339 e. The average molecular weight is 382 g/mol. The van der Waals surface area contributed by atoms with Crippen LogP contribution < -0.4 is 5.32 Å². The Hall–Kier alpha value is -2.38. The van der Waals surface area contributed by atoms with Crippen LogP contribution in [0.2, 0.25) is 5.02 Å². The third-order valence-corrected chi connectivity index (χ3v) is 4.65. The number of ether oxygens (including phenoxy) is 1. The monoisotopic (exact) mass is 381 g/mol. The summed E-state index contributed by atoms with van der Waals surface area (Å²) in [5, 5.41) is 3.18. The molecule has 0 saturated heterocycles. The molecule has 0 saturated carbocycles. The highest BCUT2D eigenvalue weighted by Crippen LogP contribution is 2.16. The van der Waals surface area contributed by atoms with Crippen LogP contribution >= 0.6 is 11.6 Å². The van der Waals surface area contributed by atoms with Crippen molar-refractivity contribution in [3.63, 3.8) is 0 Å². The van der Waals surface area contributed by atoms with E-state index in [1.807, 2.05) is 0 Å². The molecule has 2 aromatic carbocycles. The number of amides is 1. The maximum atomic E-state index is 12.0. The maximum absolute atomic E-state index is 12.0. The minimum absolute atomic E-state index is 0.101. The van der Waals surface area contributed by atoms with Crippen LogP contribution in [-0.2, 0) is 25.9 Å². The van der Waals surface area contributed by atoms with Crippen molar-refractivity contribution in [1.82, 2.24) is 5.32 Å². The number of halogens is 1. The van der Waals surface area contributed by atoms with E-state index >= 15 is 0 Å². The van der Waals surface area contributed by atoms with Crippen molar-refractivity contribution in [2.75, 3.05) is 12.9 Å². The van der Waals surface area contributed by atoms with Crippen molar-refractivity contribution >= 4 is 33.3 Å². The van der Waals surface area contributed by atoms with E-state index in [-0.39, 0.29) is 17.0 Å². The van der Waals surface area contributed by atoms with E-state index in [9.17, 15) is 18.0 Å². The molecule has 2 aromatic rings. The summed E-state index contributed by atoms with van der Waals surface area (Å²) in [6.45, 7) is -0.252. The Balaban J connectivity index is 1.92. The Bertz CT molecular complexity index is 878. The largest absolute Gasteiger partial charge is 0.452 e. The first-order valence-corrected chi connectivity index (χ1v) is 9.51. The van der Waals surface area contributed by atoms with Crippen molar-refractivity contribution in [1.29, 1.82) is 0 Å². The lowest BCUT2D eigenvalue weighted by atomic mass is 10.2. The Kier molecular flexibility index (Phi) is 6.17. The van der Waals surface area contributed by atoms with Gasteiger partial charge in [-0.05, 0) is 29.8 Å². The first-order chi connectivity index (χ1) is 11.8. The standard InChI is InChI=1S/C17H16ClNO5S/c1-25(22,23)15-5-3-2-4-14(15)17(21)24-11-16(20)19-10-12-6-8-13(18)9-7-12/h2-9H,10-11H2,1H3,(H,19,20). The molecule has 0 aliphatic rings. The lowest BCUT2D eigenvalue weighted by molar-refractivity contribution is -0.124. The molecule has 0 atom stereocenters. The van der Waals surface area contributed by atoms with Crippen molar-refractivity contribution < 1.29 is 22.7 Å². The molecular weight excluding hydrogens is 366 g/mol. The van der Waals surface area contributed by atoms with Crippen LogP contribution in [0.25, 0.3) is 0 Å². The molecule has 0 unspecified atom stereocenters. The van der Waals surface area contributed by atoms with Crippen LogP contribution in [0.3, 0.4) is 0 Å². The van der Waals surface area contributed by atoms with Crippen LogP contribution in [-0.4, -0.2) is 33.2 Å². The fourth-order valence-electron chi connectivity index (χ4n) is 2.02. The van der Waals surface area contributed by atoms with Crippen LogP contribution in [0, 0.1) is 0 Å². The molecule has 132 valence electrons. The van der Waals surface area contributed by atoms with Crippen molar-refractivity contribution in [2.24, 2.45) is 0 Å². The fraction of sp³-hybridized carbons (Fsp3) is 0.176. The molecule has 0 radical (unpaired) electrons. The summed E-state index contributed by atoms with van der Waals surface area (Å²) in [5.74, 6) is -1.37. The zero-order chi connectivity index (χ0) is 18.4. The zero-order valence-corrected chi connectivity index (χ0v) is 14.9. The Morgan fingerprint density at radius 3 is 2.36 bits per heavy atom. The predicted octanol–water partition coefficient (Wildman–Crippen LogP) is 2.22. The molecule has 0 aliphatic carbocycles. The topological polar surface area (TPSA) is 89.5 Å². The van der Waals surface area contributed by atoms with Gasteiger partial charge in [0.15, 0.2) is 16.4 Å². The number of nitrogens with one attached hydrogen (secondary N) is 1. The van der Waals surface area contributed by atoms with Gasteiger partial charge < -0.3 is 10.1 Å². The minimum atomic E-state index is -3.58. The van der Waals surface area contributed by atoms with Gasteiger partial charge in [-0.1, -0.05) is 35.9 Å². The van der Waals surface area contributed by atoms with Gasteiger partial charge in [0.25, 0.3) is 5.91 Å². The van der Waals surface area contributed by atoms with Gasteiger partial charge in [0.1, 0.15) is 0 Å². The lowest BCUT2D eigenvalue weighted by Gasteiger charge is -2.09. The molecule has 0 fully saturated rings. The summed E-state index contributed by atoms with van der Waals surface area (Å²) in [7, 11) is -3.58. The second-order valence-electron chi connectivity index (χ2n) is 5.25. The van der Waals surface area contributed by atoms with Crippen molar-refractivity contribution in [3.8, 4) is 0 Å². The second kappa shape index (κ2) is 8.13. The van der Waals surface area contributed by atoms with E-state index in [0.717, 1.165) is 11.8 Å². The molecule has 0 aliphatic heterocycles. The molecule has 0 heterocycles. The van der Waals surface area contributed by atoms with E-state index in [2.05, 4.69) is 5.32 Å². The number of hydrogen-bond donors (Lipinski definition) is 1. The summed E-state index contributed by atoms with van der Waals surface area (Å²) in [5.41, 5.74) is 0.738. The molecule has 1 N–H and O–H groups in total. The summed E-state index contributed by atoms with van der Waals surface area (Å²) < 4.78 is 28.3. The molecule has 1 amide bonds. The van der Waals surface area contributed by atoms with E-state index in [1.165, 1.54) is 24.3 Å². The highest BCUT2D eigenvalue weighted by molar-refractivity contribution is 7.90. The lowest BCUT2D eigenvalue weighted by Crippen LogP contribution is -2.28. The van der Waals surface area contributed by atoms with Gasteiger partial charge in [-0.15, -0.1) is 0 Å². The molecule has 8 heteroatoms. The van der Waals surface area contributed by atoms with Gasteiger partial charge in [0.2, 0.25) is 0 Å². The Morgan fingerprint density at radius 2 is 1.72 bits per heavy atom. The van der Waals surface area contributed by atoms with E-state index in [1.54, 1.807) is 24.3 Å². The third kappa shape index (κ3) is 5.58. The third-order valence-electron chi connectivity index (χ3n) is 3.24. The molecule has 25 heavy (non-hydrogen) atoms. The summed E-state index contributed by atoms with van der Waals surface area (Å²) in [6.07, 6.45) is 0.998. The van der Waals surface area contributed by atoms with E-state index in [4.69, 9.17) is 16.3 Å². The molecule has 2 rings (SSSR count). The molecular formula is C17H16ClNO5S. The number of sulfone groups is 1. The van der Waals surface area contributed by atoms with Gasteiger partial charge >= 0.3 is 5.97 Å². The quantitative estimate of drug-likeness (QED) is 0.775. The zero-order valence-electron chi connectivity index (χ0n) is 13.4. The second-order valence-corrected chi connectivity index (χ2v) is 7.67. The average Bonchev–Trinajstić information content (AvgIpc) is 2.58. The number of rotatable bonds is 6. The predicted molar refractivity (Wildman–Crippen MR) is 93.1 cm³/mol. The highest BCUT2D eigenvalue weighted by Gasteiger charge is 2.19. The van der Waals surface area contributed by atoms with Crippen LogP contribution in [0.1, 0.15) is 15.9 Å². The van der Waals surface area contributed by atoms with Crippen molar-refractivity contribution in [2.45, 2.75) is 11.4 Å².